The normalized spacial score (nSPS) is 15.7. The van der Waals surface area contributed by atoms with Gasteiger partial charge < -0.3 is 19.5 Å². The highest BCUT2D eigenvalue weighted by Gasteiger charge is 2.26. The van der Waals surface area contributed by atoms with Crippen LogP contribution in [0.3, 0.4) is 0 Å². The number of benzene rings is 2. The maximum absolute atomic E-state index is 12.9. The second-order valence-electron chi connectivity index (χ2n) is 6.53. The lowest BCUT2D eigenvalue weighted by Gasteiger charge is -2.17. The number of aromatic nitrogens is 1. The van der Waals surface area contributed by atoms with Gasteiger partial charge in [-0.15, -0.1) is 0 Å². The van der Waals surface area contributed by atoms with Crippen LogP contribution < -0.4 is 19.5 Å². The highest BCUT2D eigenvalue weighted by atomic mass is 32.2. The molecule has 31 heavy (non-hydrogen) atoms. The average Bonchev–Trinajstić information content (AvgIpc) is 3.23. The number of nitrogens with zero attached hydrogens (tertiary/aromatic N) is 1. The highest BCUT2D eigenvalue weighted by molar-refractivity contribution is 7.86. The lowest BCUT2D eigenvalue weighted by molar-refractivity contribution is 0.260. The molecule has 7 heteroatoms. The van der Waals surface area contributed by atoms with Crippen molar-refractivity contribution in [1.29, 1.82) is 0 Å². The number of nitrogens with one attached hydrogen (secondary N) is 2. The molecule has 2 unspecified atom stereocenters. The molecule has 0 amide bonds. The minimum Gasteiger partial charge on any atom is -0.462 e. The van der Waals surface area contributed by atoms with Gasteiger partial charge >= 0.3 is 0 Å². The van der Waals surface area contributed by atoms with Crippen molar-refractivity contribution in [2.24, 2.45) is 0 Å². The second kappa shape index (κ2) is 9.32. The van der Waals surface area contributed by atoms with Crippen LogP contribution in [-0.4, -0.2) is 9.19 Å². The smallest absolute Gasteiger partial charge is 0.199 e. The van der Waals surface area contributed by atoms with Gasteiger partial charge in [0, 0.05) is 11.8 Å². The Hall–Kier alpha value is -3.84. The lowest BCUT2D eigenvalue weighted by atomic mass is 10.1. The predicted octanol–water partition coefficient (Wildman–Crippen LogP) is 5.35. The van der Waals surface area contributed by atoms with E-state index in [0.29, 0.717) is 33.7 Å². The van der Waals surface area contributed by atoms with E-state index in [4.69, 9.17) is 9.47 Å². The van der Waals surface area contributed by atoms with Gasteiger partial charge in [-0.2, -0.15) is 0 Å². The van der Waals surface area contributed by atoms with Crippen LogP contribution in [0.25, 0.3) is 0 Å². The summed E-state index contributed by atoms with van der Waals surface area (Å²) in [6.07, 6.45) is 6.22. The molecule has 0 saturated heterocycles. The topological polar surface area (TPSA) is 72.5 Å². The SMILES string of the molecule is C=C/C=C(\C=C)Oc1ccc(S(=O)Nc2ccccc2C2Nc3ncccc3O2)cc1. The third-order valence-electron chi connectivity index (χ3n) is 4.49. The Morgan fingerprint density at radius 3 is 2.68 bits per heavy atom. The third-order valence-corrected chi connectivity index (χ3v) is 5.59. The van der Waals surface area contributed by atoms with Crippen LogP contribution in [0.1, 0.15) is 11.8 Å². The number of rotatable bonds is 8. The number of allylic oxidation sites excluding steroid dienone is 3. The van der Waals surface area contributed by atoms with Gasteiger partial charge in [0.25, 0.3) is 0 Å². The number of anilines is 2. The Bertz CT molecular complexity index is 1130. The van der Waals surface area contributed by atoms with Crippen LogP contribution in [-0.2, 0) is 11.0 Å². The number of hydrogen-bond donors (Lipinski definition) is 2. The molecular formula is C24H21N3O3S. The third kappa shape index (κ3) is 4.67. The largest absolute Gasteiger partial charge is 0.462 e. The molecule has 4 rings (SSSR count). The van der Waals surface area contributed by atoms with Gasteiger partial charge in [-0.05, 0) is 54.6 Å². The van der Waals surface area contributed by atoms with Gasteiger partial charge in [-0.25, -0.2) is 9.19 Å². The monoisotopic (exact) mass is 431 g/mol. The van der Waals surface area contributed by atoms with E-state index in [1.54, 1.807) is 48.7 Å². The average molecular weight is 432 g/mol. The van der Waals surface area contributed by atoms with Crippen molar-refractivity contribution in [3.05, 3.63) is 110 Å². The van der Waals surface area contributed by atoms with Gasteiger partial charge in [-0.3, -0.25) is 0 Å². The minimum absolute atomic E-state index is 0.421. The van der Waals surface area contributed by atoms with E-state index in [1.165, 1.54) is 0 Å². The maximum atomic E-state index is 12.9. The molecule has 1 aromatic heterocycles. The molecule has 1 aliphatic rings. The first-order valence-corrected chi connectivity index (χ1v) is 10.7. The predicted molar refractivity (Wildman–Crippen MR) is 123 cm³/mol. The van der Waals surface area contributed by atoms with E-state index >= 15 is 0 Å². The maximum Gasteiger partial charge on any atom is 0.199 e. The summed E-state index contributed by atoms with van der Waals surface area (Å²) in [7, 11) is -1.48. The molecule has 0 saturated carbocycles. The van der Waals surface area contributed by atoms with Gasteiger partial charge in [0.1, 0.15) is 22.5 Å². The molecule has 1 aliphatic heterocycles. The molecular weight excluding hydrogens is 410 g/mol. The van der Waals surface area contributed by atoms with Crippen molar-refractivity contribution in [2.75, 3.05) is 10.0 Å². The summed E-state index contributed by atoms with van der Waals surface area (Å²) >= 11 is 0. The van der Waals surface area contributed by atoms with Crippen molar-refractivity contribution >= 4 is 22.5 Å². The minimum atomic E-state index is -1.48. The summed E-state index contributed by atoms with van der Waals surface area (Å²) < 4.78 is 27.7. The zero-order valence-electron chi connectivity index (χ0n) is 16.7. The van der Waals surface area contributed by atoms with Crippen molar-refractivity contribution < 1.29 is 13.7 Å². The molecule has 0 bridgehead atoms. The molecule has 3 aromatic rings. The van der Waals surface area contributed by atoms with Crippen LogP contribution >= 0.6 is 0 Å². The first-order chi connectivity index (χ1) is 15.2. The molecule has 156 valence electrons. The fourth-order valence-electron chi connectivity index (χ4n) is 3.02. The van der Waals surface area contributed by atoms with E-state index in [0.717, 1.165) is 5.56 Å². The fraction of sp³-hybridized carbons (Fsp3) is 0.0417. The summed E-state index contributed by atoms with van der Waals surface area (Å²) in [5, 5.41) is 3.24. The Balaban J connectivity index is 1.48. The summed E-state index contributed by atoms with van der Waals surface area (Å²) in [5.74, 6) is 2.56. The van der Waals surface area contributed by atoms with Crippen molar-refractivity contribution in [3.63, 3.8) is 0 Å². The first kappa shape index (κ1) is 20.4. The summed E-state index contributed by atoms with van der Waals surface area (Å²) in [4.78, 5) is 4.89. The highest BCUT2D eigenvalue weighted by Crippen LogP contribution is 2.38. The van der Waals surface area contributed by atoms with Gasteiger partial charge in [-0.1, -0.05) is 37.4 Å². The molecule has 0 fully saturated rings. The zero-order chi connectivity index (χ0) is 21.6. The number of pyridine rings is 1. The first-order valence-electron chi connectivity index (χ1n) is 9.56. The molecule has 2 atom stereocenters. The Morgan fingerprint density at radius 2 is 1.94 bits per heavy atom. The molecule has 0 spiro atoms. The lowest BCUT2D eigenvalue weighted by Crippen LogP contribution is -2.14. The second-order valence-corrected chi connectivity index (χ2v) is 7.75. The summed E-state index contributed by atoms with van der Waals surface area (Å²) in [6.45, 7) is 7.35. The molecule has 2 heterocycles. The van der Waals surface area contributed by atoms with Crippen LogP contribution in [0.5, 0.6) is 11.5 Å². The van der Waals surface area contributed by atoms with E-state index in [2.05, 4.69) is 28.2 Å². The Kier molecular flexibility index (Phi) is 6.14. The van der Waals surface area contributed by atoms with E-state index in [-0.39, 0.29) is 0 Å². The van der Waals surface area contributed by atoms with Crippen molar-refractivity contribution in [1.82, 2.24) is 4.98 Å². The Labute approximate surface area is 183 Å². The van der Waals surface area contributed by atoms with Gasteiger partial charge in [0.15, 0.2) is 17.8 Å². The standard InChI is InChI=1S/C24H21N3O3S/c1-3-8-17(4-2)29-18-12-14-19(15-13-18)31(28)27-21-10-6-5-9-20(21)24-26-23-22(30-24)11-7-16-25-23/h3-16,24,27H,1-2H2,(H,25,26)/b17-8+. The van der Waals surface area contributed by atoms with Crippen LogP contribution in [0.2, 0.25) is 0 Å². The summed E-state index contributed by atoms with van der Waals surface area (Å²) in [6, 6.07) is 18.3. The van der Waals surface area contributed by atoms with Crippen LogP contribution in [0, 0.1) is 0 Å². The van der Waals surface area contributed by atoms with Crippen molar-refractivity contribution in [2.45, 2.75) is 11.1 Å². The van der Waals surface area contributed by atoms with Crippen LogP contribution in [0.4, 0.5) is 11.5 Å². The zero-order valence-corrected chi connectivity index (χ0v) is 17.5. The fourth-order valence-corrected chi connectivity index (χ4v) is 3.91. The van der Waals surface area contributed by atoms with E-state index in [9.17, 15) is 4.21 Å². The van der Waals surface area contributed by atoms with E-state index < -0.39 is 17.2 Å². The number of hydrogen-bond acceptors (Lipinski definition) is 5. The van der Waals surface area contributed by atoms with Gasteiger partial charge in [0.2, 0.25) is 0 Å². The molecule has 2 N–H and O–H groups in total. The molecule has 0 aliphatic carbocycles. The number of ether oxygens (including phenoxy) is 2. The quantitative estimate of drug-likeness (QED) is 0.371. The number of fused-ring (bicyclic) bond motifs is 1. The molecule has 6 nitrogen and oxygen atoms in total. The number of para-hydroxylation sites is 1. The summed E-state index contributed by atoms with van der Waals surface area (Å²) in [5.41, 5.74) is 1.54. The Morgan fingerprint density at radius 1 is 1.13 bits per heavy atom. The van der Waals surface area contributed by atoms with E-state index in [1.807, 2.05) is 36.4 Å². The van der Waals surface area contributed by atoms with Gasteiger partial charge in [0.05, 0.1) is 10.6 Å². The molecule has 2 aromatic carbocycles. The van der Waals surface area contributed by atoms with Crippen molar-refractivity contribution in [3.8, 4) is 11.5 Å². The molecule has 0 radical (unpaired) electrons. The van der Waals surface area contributed by atoms with Crippen LogP contribution in [0.15, 0.2) is 109 Å².